The number of nitrogens with one attached hydrogen (secondary N) is 1. The summed E-state index contributed by atoms with van der Waals surface area (Å²) < 4.78 is 37.7. The molecule has 2 rings (SSSR count). The minimum atomic E-state index is -4.45. The number of carbonyl (C=O) groups is 1. The summed E-state index contributed by atoms with van der Waals surface area (Å²) in [6.07, 6.45) is -3.08. The minimum Gasteiger partial charge on any atom is -0.397 e. The van der Waals surface area contributed by atoms with Crippen molar-refractivity contribution in [2.24, 2.45) is 0 Å². The van der Waals surface area contributed by atoms with Crippen molar-refractivity contribution in [3.05, 3.63) is 53.9 Å². The summed E-state index contributed by atoms with van der Waals surface area (Å²) in [6.45, 7) is 0. The molecular weight excluding hydrogens is 283 g/mol. The van der Waals surface area contributed by atoms with E-state index in [0.717, 1.165) is 12.1 Å². The van der Waals surface area contributed by atoms with Crippen LogP contribution in [0.5, 0.6) is 0 Å². The molecule has 0 atom stereocenters. The molecule has 0 bridgehead atoms. The molecule has 3 N–H and O–H groups in total. The van der Waals surface area contributed by atoms with Crippen molar-refractivity contribution in [3.8, 4) is 0 Å². The maximum absolute atomic E-state index is 12.6. The highest BCUT2D eigenvalue weighted by Gasteiger charge is 2.30. The summed E-state index contributed by atoms with van der Waals surface area (Å²) in [6, 6.07) is 7.63. The largest absolute Gasteiger partial charge is 0.416 e. The second kappa shape index (κ2) is 5.82. The fraction of sp³-hybridized carbons (Fsp3) is 0.143. The van der Waals surface area contributed by atoms with Gasteiger partial charge in [0.15, 0.2) is 0 Å². The number of nitrogens with zero attached hydrogens (tertiary/aromatic N) is 1. The summed E-state index contributed by atoms with van der Waals surface area (Å²) in [5.41, 5.74) is 5.69. The molecule has 1 aromatic heterocycles. The molecule has 0 aliphatic rings. The van der Waals surface area contributed by atoms with E-state index in [1.54, 1.807) is 12.1 Å². The third-order valence-corrected chi connectivity index (χ3v) is 2.66. The Kier molecular flexibility index (Phi) is 4.11. The smallest absolute Gasteiger partial charge is 0.397 e. The van der Waals surface area contributed by atoms with Crippen LogP contribution in [0.3, 0.4) is 0 Å². The Labute approximate surface area is 118 Å². The van der Waals surface area contributed by atoms with E-state index in [-0.39, 0.29) is 12.1 Å². The third-order valence-electron chi connectivity index (χ3n) is 2.66. The topological polar surface area (TPSA) is 68.0 Å². The highest BCUT2D eigenvalue weighted by Crippen LogP contribution is 2.30. The molecule has 0 aliphatic carbocycles. The number of anilines is 2. The Hall–Kier alpha value is -2.57. The number of benzene rings is 1. The van der Waals surface area contributed by atoms with Gasteiger partial charge in [-0.05, 0) is 30.3 Å². The number of aromatic nitrogens is 1. The first-order valence-electron chi connectivity index (χ1n) is 6.02. The number of alkyl halides is 3. The number of hydrogen-bond donors (Lipinski definition) is 2. The lowest BCUT2D eigenvalue weighted by Gasteiger charge is -2.09. The van der Waals surface area contributed by atoms with Crippen molar-refractivity contribution in [2.75, 3.05) is 11.1 Å². The zero-order valence-corrected chi connectivity index (χ0v) is 10.8. The summed E-state index contributed by atoms with van der Waals surface area (Å²) in [4.78, 5) is 15.7. The van der Waals surface area contributed by atoms with Crippen molar-refractivity contribution in [1.29, 1.82) is 0 Å². The van der Waals surface area contributed by atoms with E-state index in [1.807, 2.05) is 0 Å². The maximum atomic E-state index is 12.6. The number of hydrogen-bond acceptors (Lipinski definition) is 3. The van der Waals surface area contributed by atoms with Gasteiger partial charge in [0.2, 0.25) is 5.91 Å². The van der Waals surface area contributed by atoms with Gasteiger partial charge in [0.05, 0.1) is 23.9 Å². The van der Waals surface area contributed by atoms with Crippen LogP contribution in [-0.2, 0) is 17.4 Å². The van der Waals surface area contributed by atoms with Gasteiger partial charge in [-0.1, -0.05) is 6.07 Å². The molecule has 0 aliphatic heterocycles. The SMILES string of the molecule is Nc1ccc(CC(=O)Nc2cccc(C(F)(F)F)c2)nc1. The van der Waals surface area contributed by atoms with E-state index >= 15 is 0 Å². The summed E-state index contributed by atoms with van der Waals surface area (Å²) in [7, 11) is 0. The first-order valence-corrected chi connectivity index (χ1v) is 6.02. The highest BCUT2D eigenvalue weighted by atomic mass is 19.4. The van der Waals surface area contributed by atoms with Gasteiger partial charge < -0.3 is 11.1 Å². The predicted octanol–water partition coefficient (Wildman–Crippen LogP) is 2.86. The second-order valence-electron chi connectivity index (χ2n) is 4.39. The lowest BCUT2D eigenvalue weighted by Crippen LogP contribution is -2.16. The number of amides is 1. The predicted molar refractivity (Wildman–Crippen MR) is 72.4 cm³/mol. The van der Waals surface area contributed by atoms with Gasteiger partial charge in [0, 0.05) is 11.4 Å². The van der Waals surface area contributed by atoms with Gasteiger partial charge in [-0.2, -0.15) is 13.2 Å². The molecule has 0 saturated carbocycles. The van der Waals surface area contributed by atoms with E-state index < -0.39 is 17.6 Å². The van der Waals surface area contributed by atoms with Crippen LogP contribution in [0.15, 0.2) is 42.6 Å². The number of carbonyl (C=O) groups excluding carboxylic acids is 1. The average molecular weight is 295 g/mol. The first-order chi connectivity index (χ1) is 9.84. The van der Waals surface area contributed by atoms with Crippen LogP contribution in [0.25, 0.3) is 0 Å². The molecule has 0 fully saturated rings. The maximum Gasteiger partial charge on any atom is 0.416 e. The number of nitrogens with two attached hydrogens (primary N) is 1. The van der Waals surface area contributed by atoms with Crippen LogP contribution in [0, 0.1) is 0 Å². The van der Waals surface area contributed by atoms with Crippen molar-refractivity contribution >= 4 is 17.3 Å². The van der Waals surface area contributed by atoms with Crippen molar-refractivity contribution in [1.82, 2.24) is 4.98 Å². The van der Waals surface area contributed by atoms with E-state index in [2.05, 4.69) is 10.3 Å². The molecule has 0 spiro atoms. The standard InChI is InChI=1S/C14H12F3N3O/c15-14(16,17)9-2-1-3-12(6-9)20-13(21)7-11-5-4-10(18)8-19-11/h1-6,8H,7,18H2,(H,20,21). The van der Waals surface area contributed by atoms with Gasteiger partial charge in [0.25, 0.3) is 0 Å². The summed E-state index contributed by atoms with van der Waals surface area (Å²) in [5.74, 6) is -0.452. The van der Waals surface area contributed by atoms with E-state index in [9.17, 15) is 18.0 Å². The van der Waals surface area contributed by atoms with Crippen molar-refractivity contribution in [3.63, 3.8) is 0 Å². The minimum absolute atomic E-state index is 0.0451. The summed E-state index contributed by atoms with van der Waals surface area (Å²) in [5, 5.41) is 2.41. The highest BCUT2D eigenvalue weighted by molar-refractivity contribution is 5.92. The average Bonchev–Trinajstić information content (AvgIpc) is 2.41. The van der Waals surface area contributed by atoms with Gasteiger partial charge in [0.1, 0.15) is 0 Å². The second-order valence-corrected chi connectivity index (χ2v) is 4.39. The van der Waals surface area contributed by atoms with Crippen LogP contribution in [0.1, 0.15) is 11.3 Å². The molecule has 7 heteroatoms. The molecular formula is C14H12F3N3O. The first kappa shape index (κ1) is 14.8. The number of rotatable bonds is 3. The number of pyridine rings is 1. The van der Waals surface area contributed by atoms with Crippen LogP contribution in [0.2, 0.25) is 0 Å². The fourth-order valence-electron chi connectivity index (χ4n) is 1.68. The van der Waals surface area contributed by atoms with Crippen molar-refractivity contribution in [2.45, 2.75) is 12.6 Å². The molecule has 0 radical (unpaired) electrons. The van der Waals surface area contributed by atoms with E-state index in [4.69, 9.17) is 5.73 Å². The zero-order valence-electron chi connectivity index (χ0n) is 10.8. The molecule has 1 heterocycles. The molecule has 0 unspecified atom stereocenters. The van der Waals surface area contributed by atoms with Gasteiger partial charge in [-0.3, -0.25) is 9.78 Å². The Balaban J connectivity index is 2.04. The Morgan fingerprint density at radius 2 is 2.00 bits per heavy atom. The Morgan fingerprint density at radius 3 is 2.62 bits per heavy atom. The molecule has 2 aromatic rings. The van der Waals surface area contributed by atoms with Crippen molar-refractivity contribution < 1.29 is 18.0 Å². The van der Waals surface area contributed by atoms with Gasteiger partial charge >= 0.3 is 6.18 Å². The molecule has 1 amide bonds. The number of halogens is 3. The molecule has 4 nitrogen and oxygen atoms in total. The van der Waals surface area contributed by atoms with E-state index in [0.29, 0.717) is 11.4 Å². The van der Waals surface area contributed by atoms with Crippen LogP contribution < -0.4 is 11.1 Å². The Morgan fingerprint density at radius 1 is 1.24 bits per heavy atom. The number of nitrogen functional groups attached to an aromatic ring is 1. The van der Waals surface area contributed by atoms with Gasteiger partial charge in [-0.15, -0.1) is 0 Å². The van der Waals surface area contributed by atoms with Crippen LogP contribution >= 0.6 is 0 Å². The quantitative estimate of drug-likeness (QED) is 0.915. The van der Waals surface area contributed by atoms with Crippen LogP contribution in [0.4, 0.5) is 24.5 Å². The Bertz CT molecular complexity index is 639. The van der Waals surface area contributed by atoms with Crippen LogP contribution in [-0.4, -0.2) is 10.9 Å². The summed E-state index contributed by atoms with van der Waals surface area (Å²) >= 11 is 0. The normalized spacial score (nSPS) is 11.2. The lowest BCUT2D eigenvalue weighted by molar-refractivity contribution is -0.137. The molecule has 1 aromatic carbocycles. The monoisotopic (exact) mass is 295 g/mol. The molecule has 110 valence electrons. The third kappa shape index (κ3) is 4.20. The van der Waals surface area contributed by atoms with Gasteiger partial charge in [-0.25, -0.2) is 0 Å². The lowest BCUT2D eigenvalue weighted by atomic mass is 10.2. The molecule has 0 saturated heterocycles. The fourth-order valence-corrected chi connectivity index (χ4v) is 1.68. The molecule has 21 heavy (non-hydrogen) atoms. The van der Waals surface area contributed by atoms with E-state index in [1.165, 1.54) is 18.3 Å². The zero-order chi connectivity index (χ0) is 15.5.